The third-order valence-corrected chi connectivity index (χ3v) is 5.74. The molecule has 3 N–H and O–H groups in total. The molecule has 0 unspecified atom stereocenters. The van der Waals surface area contributed by atoms with E-state index in [0.717, 1.165) is 22.6 Å². The average Bonchev–Trinajstić information content (AvgIpc) is 3.14. The predicted octanol–water partition coefficient (Wildman–Crippen LogP) is 4.87. The number of amides is 1. The summed E-state index contributed by atoms with van der Waals surface area (Å²) < 4.78 is 12.6. The number of nitrogens with zero attached hydrogens (tertiary/aromatic N) is 3. The smallest absolute Gasteiger partial charge is 0.261 e. The Hall–Kier alpha value is -4.59. The molecule has 5 rings (SSSR count). The number of hydrogen-bond donors (Lipinski definition) is 2. The standard InChI is InChI=1S/C27H25N5O3/c1-3-35-20-14-10-18(11-15-20)29-27(33)23-24-26(31-22-7-5-4-6-21(22)30-24)32(25(23)28)16-17-8-12-19(34-2)13-9-17/h4-15H,3,16,28H2,1-2H3,(H,29,33). The molecule has 0 atom stereocenters. The third kappa shape index (κ3) is 4.33. The fourth-order valence-electron chi connectivity index (χ4n) is 4.01. The average molecular weight is 468 g/mol. The Labute approximate surface area is 202 Å². The highest BCUT2D eigenvalue weighted by Crippen LogP contribution is 2.30. The number of carbonyl (C=O) groups excluding carboxylic acids is 1. The van der Waals surface area contributed by atoms with Crippen LogP contribution in [0.3, 0.4) is 0 Å². The summed E-state index contributed by atoms with van der Waals surface area (Å²) in [6, 6.07) is 22.4. The molecule has 0 radical (unpaired) electrons. The molecule has 3 aromatic carbocycles. The lowest BCUT2D eigenvalue weighted by Crippen LogP contribution is -2.15. The van der Waals surface area contributed by atoms with E-state index in [1.807, 2.05) is 72.2 Å². The molecule has 2 aromatic heterocycles. The van der Waals surface area contributed by atoms with Crippen LogP contribution in [0.2, 0.25) is 0 Å². The highest BCUT2D eigenvalue weighted by atomic mass is 16.5. The van der Waals surface area contributed by atoms with Crippen LogP contribution in [0.25, 0.3) is 22.2 Å². The molecule has 35 heavy (non-hydrogen) atoms. The molecule has 1 amide bonds. The van der Waals surface area contributed by atoms with E-state index in [-0.39, 0.29) is 5.91 Å². The van der Waals surface area contributed by atoms with Crippen molar-refractivity contribution >= 4 is 39.6 Å². The van der Waals surface area contributed by atoms with E-state index < -0.39 is 0 Å². The maximum absolute atomic E-state index is 13.4. The van der Waals surface area contributed by atoms with Crippen molar-refractivity contribution in [2.45, 2.75) is 13.5 Å². The van der Waals surface area contributed by atoms with E-state index in [1.165, 1.54) is 0 Å². The topological polar surface area (TPSA) is 104 Å². The molecule has 8 nitrogen and oxygen atoms in total. The Morgan fingerprint density at radius 2 is 1.60 bits per heavy atom. The molecule has 0 bridgehead atoms. The summed E-state index contributed by atoms with van der Waals surface area (Å²) in [6.45, 7) is 2.92. The monoisotopic (exact) mass is 467 g/mol. The van der Waals surface area contributed by atoms with Crippen molar-refractivity contribution in [3.63, 3.8) is 0 Å². The molecule has 8 heteroatoms. The van der Waals surface area contributed by atoms with Crippen molar-refractivity contribution < 1.29 is 14.3 Å². The number of hydrogen-bond acceptors (Lipinski definition) is 6. The summed E-state index contributed by atoms with van der Waals surface area (Å²) in [5, 5.41) is 2.93. The van der Waals surface area contributed by atoms with Gasteiger partial charge >= 0.3 is 0 Å². The van der Waals surface area contributed by atoms with Crippen LogP contribution in [-0.4, -0.2) is 34.2 Å². The normalized spacial score (nSPS) is 11.0. The summed E-state index contributed by atoms with van der Waals surface area (Å²) in [7, 11) is 1.63. The number of fused-ring (bicyclic) bond motifs is 2. The van der Waals surface area contributed by atoms with Crippen molar-refractivity contribution in [2.75, 3.05) is 24.8 Å². The summed E-state index contributed by atoms with van der Waals surface area (Å²) in [5.41, 5.74) is 10.9. The Kier molecular flexibility index (Phi) is 5.93. The number of methoxy groups -OCH3 is 1. The minimum Gasteiger partial charge on any atom is -0.497 e. The van der Waals surface area contributed by atoms with E-state index in [1.54, 1.807) is 19.2 Å². The van der Waals surface area contributed by atoms with Crippen molar-refractivity contribution in [3.8, 4) is 11.5 Å². The van der Waals surface area contributed by atoms with Gasteiger partial charge in [-0.25, -0.2) is 9.97 Å². The molecule has 0 spiro atoms. The Balaban J connectivity index is 1.58. The number of carbonyl (C=O) groups is 1. The van der Waals surface area contributed by atoms with Crippen LogP contribution < -0.4 is 20.5 Å². The molecule has 176 valence electrons. The quantitative estimate of drug-likeness (QED) is 0.354. The third-order valence-electron chi connectivity index (χ3n) is 5.74. The maximum atomic E-state index is 13.4. The molecular formula is C27H25N5O3. The van der Waals surface area contributed by atoms with Crippen LogP contribution in [0.1, 0.15) is 22.8 Å². The van der Waals surface area contributed by atoms with Crippen LogP contribution in [0.4, 0.5) is 11.5 Å². The van der Waals surface area contributed by atoms with E-state index in [4.69, 9.17) is 25.2 Å². The fourth-order valence-corrected chi connectivity index (χ4v) is 4.01. The number of anilines is 2. The molecule has 0 aliphatic heterocycles. The van der Waals surface area contributed by atoms with Gasteiger partial charge < -0.3 is 25.1 Å². The van der Waals surface area contributed by atoms with E-state index in [9.17, 15) is 4.79 Å². The van der Waals surface area contributed by atoms with Gasteiger partial charge in [0.25, 0.3) is 5.91 Å². The van der Waals surface area contributed by atoms with Gasteiger partial charge in [0.2, 0.25) is 0 Å². The first-order valence-corrected chi connectivity index (χ1v) is 11.3. The number of ether oxygens (including phenoxy) is 2. The van der Waals surface area contributed by atoms with Gasteiger partial charge in [-0.2, -0.15) is 0 Å². The largest absolute Gasteiger partial charge is 0.497 e. The molecule has 0 aliphatic rings. The second-order valence-electron chi connectivity index (χ2n) is 7.99. The van der Waals surface area contributed by atoms with Crippen LogP contribution in [0, 0.1) is 0 Å². The van der Waals surface area contributed by atoms with Crippen LogP contribution in [-0.2, 0) is 6.54 Å². The lowest BCUT2D eigenvalue weighted by molar-refractivity contribution is 0.102. The van der Waals surface area contributed by atoms with E-state index in [0.29, 0.717) is 46.9 Å². The number of para-hydroxylation sites is 2. The second kappa shape index (κ2) is 9.34. The summed E-state index contributed by atoms with van der Waals surface area (Å²) in [5.74, 6) is 1.45. The summed E-state index contributed by atoms with van der Waals surface area (Å²) in [6.07, 6.45) is 0. The fraction of sp³-hybridized carbons (Fsp3) is 0.148. The minimum absolute atomic E-state index is 0.292. The zero-order valence-corrected chi connectivity index (χ0v) is 19.5. The molecule has 0 aliphatic carbocycles. The lowest BCUT2D eigenvalue weighted by atomic mass is 10.2. The van der Waals surface area contributed by atoms with Crippen LogP contribution >= 0.6 is 0 Å². The number of nitrogens with two attached hydrogens (primary N) is 1. The van der Waals surface area contributed by atoms with Gasteiger partial charge in [0.05, 0.1) is 31.3 Å². The van der Waals surface area contributed by atoms with Gasteiger partial charge in [-0.15, -0.1) is 0 Å². The Morgan fingerprint density at radius 3 is 2.26 bits per heavy atom. The zero-order valence-electron chi connectivity index (χ0n) is 19.5. The number of benzene rings is 3. The second-order valence-corrected chi connectivity index (χ2v) is 7.99. The Bertz CT molecular complexity index is 1510. The first-order valence-electron chi connectivity index (χ1n) is 11.3. The van der Waals surface area contributed by atoms with Gasteiger partial charge in [0, 0.05) is 5.69 Å². The predicted molar refractivity (Wildman–Crippen MR) is 137 cm³/mol. The molecule has 0 saturated heterocycles. The molecule has 2 heterocycles. The Morgan fingerprint density at radius 1 is 0.943 bits per heavy atom. The molecule has 0 saturated carbocycles. The van der Waals surface area contributed by atoms with Crippen LogP contribution in [0.5, 0.6) is 11.5 Å². The van der Waals surface area contributed by atoms with Gasteiger partial charge in [-0.3, -0.25) is 4.79 Å². The first kappa shape index (κ1) is 22.2. The molecule has 0 fully saturated rings. The number of rotatable bonds is 7. The lowest BCUT2D eigenvalue weighted by Gasteiger charge is -2.09. The molecule has 5 aromatic rings. The van der Waals surface area contributed by atoms with Crippen molar-refractivity contribution in [2.24, 2.45) is 0 Å². The van der Waals surface area contributed by atoms with Crippen molar-refractivity contribution in [3.05, 3.63) is 83.9 Å². The van der Waals surface area contributed by atoms with Gasteiger partial charge in [0.1, 0.15) is 28.4 Å². The number of nitrogens with one attached hydrogen (secondary N) is 1. The maximum Gasteiger partial charge on any atom is 0.261 e. The number of aromatic nitrogens is 3. The van der Waals surface area contributed by atoms with Crippen LogP contribution in [0.15, 0.2) is 72.8 Å². The van der Waals surface area contributed by atoms with E-state index in [2.05, 4.69) is 5.32 Å². The van der Waals surface area contributed by atoms with Gasteiger partial charge in [0.15, 0.2) is 5.65 Å². The zero-order chi connectivity index (χ0) is 24.4. The van der Waals surface area contributed by atoms with Crippen molar-refractivity contribution in [1.82, 2.24) is 14.5 Å². The van der Waals surface area contributed by atoms with Crippen molar-refractivity contribution in [1.29, 1.82) is 0 Å². The van der Waals surface area contributed by atoms with Gasteiger partial charge in [-0.1, -0.05) is 24.3 Å². The first-order chi connectivity index (χ1) is 17.1. The highest BCUT2D eigenvalue weighted by molar-refractivity contribution is 6.16. The van der Waals surface area contributed by atoms with E-state index >= 15 is 0 Å². The minimum atomic E-state index is -0.352. The summed E-state index contributed by atoms with van der Waals surface area (Å²) >= 11 is 0. The summed E-state index contributed by atoms with van der Waals surface area (Å²) in [4.78, 5) is 23.0. The van der Waals surface area contributed by atoms with Gasteiger partial charge in [-0.05, 0) is 61.0 Å². The highest BCUT2D eigenvalue weighted by Gasteiger charge is 2.24. The SMILES string of the molecule is CCOc1ccc(NC(=O)c2c(N)n(Cc3ccc(OC)cc3)c3nc4ccccc4nc23)cc1. The molecular weight excluding hydrogens is 442 g/mol. The number of nitrogen functional groups attached to an aromatic ring is 1.